The molecule has 0 saturated heterocycles. The lowest BCUT2D eigenvalue weighted by molar-refractivity contribution is 0.402. The van der Waals surface area contributed by atoms with Crippen molar-refractivity contribution in [3.8, 4) is 5.75 Å². The van der Waals surface area contributed by atoms with Gasteiger partial charge in [0, 0.05) is 30.7 Å². The molecule has 1 aromatic heterocycles. The van der Waals surface area contributed by atoms with Crippen molar-refractivity contribution in [2.45, 2.75) is 18.7 Å². The highest BCUT2D eigenvalue weighted by Crippen LogP contribution is 2.26. The van der Waals surface area contributed by atoms with Crippen LogP contribution < -0.4 is 20.1 Å². The zero-order valence-electron chi connectivity index (χ0n) is 14.8. The maximum absolute atomic E-state index is 12.5. The molecule has 1 heterocycles. The fourth-order valence-corrected chi connectivity index (χ4v) is 3.71. The number of aromatic nitrogens is 2. The first-order chi connectivity index (χ1) is 12.4. The number of benzene rings is 1. The van der Waals surface area contributed by atoms with Crippen molar-refractivity contribution in [2.75, 3.05) is 37.4 Å². The Morgan fingerprint density at radius 2 is 1.81 bits per heavy atom. The van der Waals surface area contributed by atoms with Crippen LogP contribution in [0.15, 0.2) is 29.2 Å². The Labute approximate surface area is 158 Å². The standard InChI is InChI=1S/C16H22ClN5O3S/c1-4-18-15-10-16(22-11(2)21-15)19-7-8-20-26(23,24)14-9-12(17)5-6-13(14)25-3/h5-6,9-10,20H,4,7-8H2,1-3H3,(H2,18,19,21,22). The van der Waals surface area contributed by atoms with Gasteiger partial charge >= 0.3 is 0 Å². The molecule has 0 amide bonds. The van der Waals surface area contributed by atoms with Crippen LogP contribution in [0.1, 0.15) is 12.7 Å². The topological polar surface area (TPSA) is 105 Å². The molecule has 0 spiro atoms. The molecule has 2 rings (SSSR count). The summed E-state index contributed by atoms with van der Waals surface area (Å²) in [5, 5.41) is 6.50. The van der Waals surface area contributed by atoms with Crippen LogP contribution in [0.4, 0.5) is 11.6 Å². The van der Waals surface area contributed by atoms with Crippen LogP contribution in [0, 0.1) is 6.92 Å². The summed E-state index contributed by atoms with van der Waals surface area (Å²) in [4.78, 5) is 8.53. The van der Waals surface area contributed by atoms with E-state index in [0.717, 1.165) is 6.54 Å². The average molecular weight is 400 g/mol. The second-order valence-electron chi connectivity index (χ2n) is 5.34. The van der Waals surface area contributed by atoms with Gasteiger partial charge < -0.3 is 15.4 Å². The first-order valence-electron chi connectivity index (χ1n) is 8.02. The van der Waals surface area contributed by atoms with E-state index >= 15 is 0 Å². The van der Waals surface area contributed by atoms with Crippen LogP contribution in [0.25, 0.3) is 0 Å². The van der Waals surface area contributed by atoms with Gasteiger partial charge in [-0.3, -0.25) is 0 Å². The van der Waals surface area contributed by atoms with E-state index in [4.69, 9.17) is 16.3 Å². The molecule has 8 nitrogen and oxygen atoms in total. The largest absolute Gasteiger partial charge is 0.495 e. The number of aryl methyl sites for hydroxylation is 1. The van der Waals surface area contributed by atoms with E-state index in [1.807, 2.05) is 6.92 Å². The number of hydrogen-bond donors (Lipinski definition) is 3. The number of methoxy groups -OCH3 is 1. The number of nitrogens with one attached hydrogen (secondary N) is 3. The number of sulfonamides is 1. The fourth-order valence-electron chi connectivity index (χ4n) is 2.24. The van der Waals surface area contributed by atoms with Crippen molar-refractivity contribution in [3.05, 3.63) is 35.1 Å². The number of halogens is 1. The van der Waals surface area contributed by atoms with E-state index in [1.54, 1.807) is 19.1 Å². The second kappa shape index (κ2) is 9.02. The van der Waals surface area contributed by atoms with Crippen molar-refractivity contribution in [1.29, 1.82) is 0 Å². The molecule has 0 aliphatic rings. The van der Waals surface area contributed by atoms with E-state index in [2.05, 4.69) is 25.3 Å². The van der Waals surface area contributed by atoms with Gasteiger partial charge in [-0.2, -0.15) is 0 Å². The highest BCUT2D eigenvalue weighted by Gasteiger charge is 2.19. The average Bonchev–Trinajstić information content (AvgIpc) is 2.58. The Morgan fingerprint density at radius 1 is 1.12 bits per heavy atom. The van der Waals surface area contributed by atoms with Gasteiger partial charge in [0.1, 0.15) is 28.1 Å². The molecular formula is C16H22ClN5O3S. The molecule has 3 N–H and O–H groups in total. The lowest BCUT2D eigenvalue weighted by Crippen LogP contribution is -2.29. The van der Waals surface area contributed by atoms with Gasteiger partial charge in [-0.15, -0.1) is 0 Å². The smallest absolute Gasteiger partial charge is 0.244 e. The second-order valence-corrected chi connectivity index (χ2v) is 7.51. The summed E-state index contributed by atoms with van der Waals surface area (Å²) in [6, 6.07) is 6.21. The molecule has 1 aromatic carbocycles. The number of rotatable bonds is 9. The minimum atomic E-state index is -3.75. The minimum Gasteiger partial charge on any atom is -0.495 e. The summed E-state index contributed by atoms with van der Waals surface area (Å²) in [7, 11) is -2.34. The van der Waals surface area contributed by atoms with Crippen molar-refractivity contribution in [1.82, 2.24) is 14.7 Å². The zero-order valence-corrected chi connectivity index (χ0v) is 16.4. The van der Waals surface area contributed by atoms with Crippen molar-refractivity contribution >= 4 is 33.3 Å². The van der Waals surface area contributed by atoms with Crippen LogP contribution in [0.2, 0.25) is 5.02 Å². The zero-order chi connectivity index (χ0) is 19.2. The quantitative estimate of drug-likeness (QED) is 0.555. The van der Waals surface area contributed by atoms with Crippen LogP contribution in [0.3, 0.4) is 0 Å². The molecule has 0 aliphatic carbocycles. The molecule has 0 aliphatic heterocycles. The Balaban J connectivity index is 1.98. The SMILES string of the molecule is CCNc1cc(NCCNS(=O)(=O)c2cc(Cl)ccc2OC)nc(C)n1. The third kappa shape index (κ3) is 5.45. The van der Waals surface area contributed by atoms with E-state index < -0.39 is 10.0 Å². The highest BCUT2D eigenvalue weighted by molar-refractivity contribution is 7.89. The summed E-state index contributed by atoms with van der Waals surface area (Å²) >= 11 is 5.90. The molecule has 0 radical (unpaired) electrons. The number of ether oxygens (including phenoxy) is 1. The molecule has 10 heteroatoms. The molecule has 0 saturated carbocycles. The van der Waals surface area contributed by atoms with Gasteiger partial charge in [0.15, 0.2) is 0 Å². The van der Waals surface area contributed by atoms with Crippen molar-refractivity contribution < 1.29 is 13.2 Å². The maximum atomic E-state index is 12.5. The van der Waals surface area contributed by atoms with Crippen LogP contribution in [0.5, 0.6) is 5.75 Å². The molecular weight excluding hydrogens is 378 g/mol. The van der Waals surface area contributed by atoms with Gasteiger partial charge in [0.25, 0.3) is 0 Å². The van der Waals surface area contributed by atoms with Crippen molar-refractivity contribution in [3.63, 3.8) is 0 Å². The predicted octanol–water partition coefficient (Wildman–Crippen LogP) is 2.27. The number of nitrogens with zero attached hydrogens (tertiary/aromatic N) is 2. The predicted molar refractivity (Wildman–Crippen MR) is 103 cm³/mol. The Bertz CT molecular complexity index is 861. The van der Waals surface area contributed by atoms with E-state index in [0.29, 0.717) is 29.0 Å². The Hall–Kier alpha value is -2.10. The van der Waals surface area contributed by atoms with Gasteiger partial charge in [0.2, 0.25) is 10.0 Å². The summed E-state index contributed by atoms with van der Waals surface area (Å²) in [6.45, 7) is 5.03. The monoisotopic (exact) mass is 399 g/mol. The Kier molecular flexibility index (Phi) is 7.01. The summed E-state index contributed by atoms with van der Waals surface area (Å²) < 4.78 is 32.5. The molecule has 0 fully saturated rings. The molecule has 0 unspecified atom stereocenters. The molecule has 2 aromatic rings. The van der Waals surface area contributed by atoms with E-state index in [-0.39, 0.29) is 17.2 Å². The van der Waals surface area contributed by atoms with Gasteiger partial charge in [-0.25, -0.2) is 23.1 Å². The number of anilines is 2. The van der Waals surface area contributed by atoms with Crippen LogP contribution in [-0.4, -0.2) is 45.1 Å². The lowest BCUT2D eigenvalue weighted by Gasteiger charge is -2.12. The summed E-state index contributed by atoms with van der Waals surface area (Å²) in [5.74, 6) is 2.19. The maximum Gasteiger partial charge on any atom is 0.244 e. The fraction of sp³-hybridized carbons (Fsp3) is 0.375. The van der Waals surface area contributed by atoms with Crippen molar-refractivity contribution in [2.24, 2.45) is 0 Å². The summed E-state index contributed by atoms with van der Waals surface area (Å²) in [6.07, 6.45) is 0. The van der Waals surface area contributed by atoms with E-state index in [1.165, 1.54) is 19.2 Å². The normalized spacial score (nSPS) is 11.2. The summed E-state index contributed by atoms with van der Waals surface area (Å²) in [5.41, 5.74) is 0. The van der Waals surface area contributed by atoms with Gasteiger partial charge in [0.05, 0.1) is 7.11 Å². The first-order valence-corrected chi connectivity index (χ1v) is 9.88. The van der Waals surface area contributed by atoms with Gasteiger partial charge in [-0.05, 0) is 32.0 Å². The van der Waals surface area contributed by atoms with E-state index in [9.17, 15) is 8.42 Å². The van der Waals surface area contributed by atoms with Gasteiger partial charge in [-0.1, -0.05) is 11.6 Å². The highest BCUT2D eigenvalue weighted by atomic mass is 35.5. The third-order valence-corrected chi connectivity index (χ3v) is 5.05. The third-order valence-electron chi connectivity index (χ3n) is 3.33. The minimum absolute atomic E-state index is 0.000174. The molecule has 0 atom stereocenters. The molecule has 142 valence electrons. The molecule has 26 heavy (non-hydrogen) atoms. The lowest BCUT2D eigenvalue weighted by atomic mass is 10.3. The number of hydrogen-bond acceptors (Lipinski definition) is 7. The van der Waals surface area contributed by atoms with Crippen LogP contribution in [-0.2, 0) is 10.0 Å². The Morgan fingerprint density at radius 3 is 2.46 bits per heavy atom. The van der Waals surface area contributed by atoms with Crippen LogP contribution >= 0.6 is 11.6 Å². The first kappa shape index (κ1) is 20.2. The molecule has 0 bridgehead atoms.